The van der Waals surface area contributed by atoms with Crippen LogP contribution in [0.3, 0.4) is 0 Å². The van der Waals surface area contributed by atoms with Gasteiger partial charge in [0.1, 0.15) is 5.75 Å². The topological polar surface area (TPSA) is 93.5 Å². The van der Waals surface area contributed by atoms with Gasteiger partial charge in [-0.3, -0.25) is 4.79 Å². The number of benzene rings is 3. The summed E-state index contributed by atoms with van der Waals surface area (Å²) in [6.07, 6.45) is 0.369. The zero-order chi connectivity index (χ0) is 22.2. The van der Waals surface area contributed by atoms with Crippen LogP contribution in [0.1, 0.15) is 27.0 Å². The van der Waals surface area contributed by atoms with Crippen LogP contribution in [0.25, 0.3) is 0 Å². The molecule has 0 fully saturated rings. The standard InChI is InChI=1S/C23H21F2N3O3/c24-22(25)31-20-11-10-19(13-18(20)12-15-4-2-1-3-5-15)28-21(29)17-8-6-16(7-9-17)14-27-23(26)30/h1-11,13,22H,12,14H2,(H,28,29)(H3,26,27,30). The highest BCUT2D eigenvalue weighted by Gasteiger charge is 2.13. The number of nitrogens with one attached hydrogen (secondary N) is 2. The van der Waals surface area contributed by atoms with Gasteiger partial charge in [-0.1, -0.05) is 42.5 Å². The van der Waals surface area contributed by atoms with Gasteiger partial charge < -0.3 is 21.1 Å². The molecule has 0 aliphatic rings. The molecule has 31 heavy (non-hydrogen) atoms. The summed E-state index contributed by atoms with van der Waals surface area (Å²) in [7, 11) is 0. The molecule has 6 nitrogen and oxygen atoms in total. The molecule has 3 rings (SSSR count). The second-order valence-corrected chi connectivity index (χ2v) is 6.73. The van der Waals surface area contributed by atoms with E-state index in [1.54, 1.807) is 30.3 Å². The number of hydrogen-bond donors (Lipinski definition) is 3. The minimum absolute atomic E-state index is 0.0585. The summed E-state index contributed by atoms with van der Waals surface area (Å²) in [6.45, 7) is -2.69. The van der Waals surface area contributed by atoms with Crippen LogP contribution in [-0.2, 0) is 13.0 Å². The largest absolute Gasteiger partial charge is 0.435 e. The Bertz CT molecular complexity index is 1040. The van der Waals surface area contributed by atoms with E-state index in [1.807, 2.05) is 30.3 Å². The molecular weight excluding hydrogens is 404 g/mol. The molecule has 0 aromatic heterocycles. The molecule has 3 aromatic rings. The Labute approximate surface area is 178 Å². The average Bonchev–Trinajstić information content (AvgIpc) is 2.75. The summed E-state index contributed by atoms with van der Waals surface area (Å²) in [6, 6.07) is 19.9. The second kappa shape index (κ2) is 10.2. The minimum Gasteiger partial charge on any atom is -0.435 e. The van der Waals surface area contributed by atoms with Gasteiger partial charge in [0.15, 0.2) is 0 Å². The quantitative estimate of drug-likeness (QED) is 0.502. The Morgan fingerprint density at radius 2 is 1.65 bits per heavy atom. The van der Waals surface area contributed by atoms with Gasteiger partial charge in [-0.25, -0.2) is 4.79 Å². The number of urea groups is 1. The van der Waals surface area contributed by atoms with Gasteiger partial charge in [-0.05, 0) is 41.5 Å². The molecule has 8 heteroatoms. The van der Waals surface area contributed by atoms with E-state index in [2.05, 4.69) is 15.4 Å². The van der Waals surface area contributed by atoms with Crippen LogP contribution in [0.2, 0.25) is 0 Å². The predicted molar refractivity (Wildman–Crippen MR) is 113 cm³/mol. The molecule has 0 bridgehead atoms. The lowest BCUT2D eigenvalue weighted by Gasteiger charge is -2.14. The highest BCUT2D eigenvalue weighted by molar-refractivity contribution is 6.04. The van der Waals surface area contributed by atoms with E-state index in [0.717, 1.165) is 11.1 Å². The number of anilines is 1. The first-order chi connectivity index (χ1) is 14.9. The summed E-state index contributed by atoms with van der Waals surface area (Å²) in [5, 5.41) is 5.23. The zero-order valence-corrected chi connectivity index (χ0v) is 16.5. The lowest BCUT2D eigenvalue weighted by atomic mass is 10.0. The second-order valence-electron chi connectivity index (χ2n) is 6.73. The summed E-state index contributed by atoms with van der Waals surface area (Å²) in [4.78, 5) is 23.3. The third kappa shape index (κ3) is 6.53. The fourth-order valence-electron chi connectivity index (χ4n) is 2.99. The van der Waals surface area contributed by atoms with Crippen molar-refractivity contribution in [2.75, 3.05) is 5.32 Å². The van der Waals surface area contributed by atoms with Crippen molar-refractivity contribution in [1.82, 2.24) is 5.32 Å². The fourth-order valence-corrected chi connectivity index (χ4v) is 2.99. The predicted octanol–water partition coefficient (Wildman–Crippen LogP) is 4.30. The third-order valence-electron chi connectivity index (χ3n) is 4.45. The molecule has 3 amide bonds. The third-order valence-corrected chi connectivity index (χ3v) is 4.45. The van der Waals surface area contributed by atoms with Gasteiger partial charge in [0.2, 0.25) is 0 Å². The number of primary amides is 1. The molecule has 0 heterocycles. The van der Waals surface area contributed by atoms with Crippen molar-refractivity contribution < 1.29 is 23.1 Å². The number of carbonyl (C=O) groups is 2. The fraction of sp³-hybridized carbons (Fsp3) is 0.130. The Hall–Kier alpha value is -3.94. The van der Waals surface area contributed by atoms with Crippen molar-refractivity contribution in [2.24, 2.45) is 5.73 Å². The van der Waals surface area contributed by atoms with Crippen molar-refractivity contribution in [1.29, 1.82) is 0 Å². The molecule has 0 aliphatic carbocycles. The maximum Gasteiger partial charge on any atom is 0.387 e. The zero-order valence-electron chi connectivity index (χ0n) is 16.5. The van der Waals surface area contributed by atoms with Crippen molar-refractivity contribution >= 4 is 17.6 Å². The SMILES string of the molecule is NC(=O)NCc1ccc(C(=O)Nc2ccc(OC(F)F)c(Cc3ccccc3)c2)cc1. The number of halogens is 2. The minimum atomic E-state index is -2.95. The Morgan fingerprint density at radius 3 is 2.29 bits per heavy atom. The Balaban J connectivity index is 1.75. The van der Waals surface area contributed by atoms with Crippen LogP contribution < -0.4 is 21.1 Å². The first-order valence-corrected chi connectivity index (χ1v) is 9.46. The number of ether oxygens (including phenoxy) is 1. The number of amides is 3. The molecule has 0 saturated heterocycles. The van der Waals surface area contributed by atoms with Crippen molar-refractivity contribution in [3.05, 3.63) is 95.1 Å². The summed E-state index contributed by atoms with van der Waals surface area (Å²) >= 11 is 0. The first kappa shape index (κ1) is 21.8. The summed E-state index contributed by atoms with van der Waals surface area (Å²) < 4.78 is 30.2. The van der Waals surface area contributed by atoms with E-state index < -0.39 is 12.6 Å². The van der Waals surface area contributed by atoms with Crippen LogP contribution in [0, 0.1) is 0 Å². The van der Waals surface area contributed by atoms with E-state index in [0.29, 0.717) is 23.2 Å². The normalized spacial score (nSPS) is 10.5. The molecule has 0 spiro atoms. The maximum absolute atomic E-state index is 12.8. The van der Waals surface area contributed by atoms with Gasteiger partial charge in [-0.2, -0.15) is 8.78 Å². The molecule has 0 radical (unpaired) electrons. The van der Waals surface area contributed by atoms with E-state index in [1.165, 1.54) is 12.1 Å². The van der Waals surface area contributed by atoms with Crippen molar-refractivity contribution in [2.45, 2.75) is 19.6 Å². The Morgan fingerprint density at radius 1 is 0.935 bits per heavy atom. The van der Waals surface area contributed by atoms with Gasteiger partial charge in [0, 0.05) is 29.8 Å². The molecule has 0 saturated carbocycles. The van der Waals surface area contributed by atoms with Crippen LogP contribution >= 0.6 is 0 Å². The molecule has 4 N–H and O–H groups in total. The van der Waals surface area contributed by atoms with Crippen LogP contribution in [0.5, 0.6) is 5.75 Å². The van der Waals surface area contributed by atoms with Crippen molar-refractivity contribution in [3.63, 3.8) is 0 Å². The number of carbonyl (C=O) groups excluding carboxylic acids is 2. The van der Waals surface area contributed by atoms with Gasteiger partial charge in [0.25, 0.3) is 5.91 Å². The van der Waals surface area contributed by atoms with Gasteiger partial charge >= 0.3 is 12.6 Å². The van der Waals surface area contributed by atoms with Crippen LogP contribution in [0.4, 0.5) is 19.3 Å². The lowest BCUT2D eigenvalue weighted by Crippen LogP contribution is -2.28. The number of rotatable bonds is 8. The van der Waals surface area contributed by atoms with E-state index >= 15 is 0 Å². The van der Waals surface area contributed by atoms with E-state index in [-0.39, 0.29) is 18.2 Å². The smallest absolute Gasteiger partial charge is 0.387 e. The number of hydrogen-bond acceptors (Lipinski definition) is 3. The summed E-state index contributed by atoms with van der Waals surface area (Å²) in [5.74, 6) is -0.300. The molecule has 0 atom stereocenters. The van der Waals surface area contributed by atoms with Gasteiger partial charge in [0.05, 0.1) is 0 Å². The van der Waals surface area contributed by atoms with Gasteiger partial charge in [-0.15, -0.1) is 0 Å². The number of nitrogens with two attached hydrogens (primary N) is 1. The number of alkyl halides is 2. The molecule has 160 valence electrons. The van der Waals surface area contributed by atoms with E-state index in [4.69, 9.17) is 5.73 Å². The highest BCUT2D eigenvalue weighted by Crippen LogP contribution is 2.27. The first-order valence-electron chi connectivity index (χ1n) is 9.46. The Kier molecular flexibility index (Phi) is 7.16. The average molecular weight is 425 g/mol. The molecule has 0 unspecified atom stereocenters. The van der Waals surface area contributed by atoms with Crippen molar-refractivity contribution in [3.8, 4) is 5.75 Å². The summed E-state index contributed by atoms with van der Waals surface area (Å²) in [5.41, 5.74) is 8.13. The molecule has 3 aromatic carbocycles. The maximum atomic E-state index is 12.8. The molecule has 0 aliphatic heterocycles. The van der Waals surface area contributed by atoms with E-state index in [9.17, 15) is 18.4 Å². The monoisotopic (exact) mass is 425 g/mol. The molecular formula is C23H21F2N3O3. The lowest BCUT2D eigenvalue weighted by molar-refractivity contribution is -0.0503. The van der Waals surface area contributed by atoms with Crippen LogP contribution in [-0.4, -0.2) is 18.5 Å². The van der Waals surface area contributed by atoms with Crippen LogP contribution in [0.15, 0.2) is 72.8 Å². The highest BCUT2D eigenvalue weighted by atomic mass is 19.3.